The predicted molar refractivity (Wildman–Crippen MR) is 71.9 cm³/mol. The summed E-state index contributed by atoms with van der Waals surface area (Å²) in [4.78, 5) is 34.0. The molecule has 20 heavy (non-hydrogen) atoms. The molecule has 106 valence electrons. The molecule has 5 nitrogen and oxygen atoms in total. The van der Waals surface area contributed by atoms with Gasteiger partial charge in [0.1, 0.15) is 0 Å². The van der Waals surface area contributed by atoms with E-state index in [1.165, 1.54) is 7.11 Å². The number of methoxy groups -OCH3 is 1. The van der Waals surface area contributed by atoms with Crippen molar-refractivity contribution in [1.82, 2.24) is 0 Å². The number of benzene rings is 1. The van der Waals surface area contributed by atoms with Crippen molar-refractivity contribution in [2.75, 3.05) is 13.7 Å². The fraction of sp³-hybridized carbons (Fsp3) is 0.267. The highest BCUT2D eigenvalue weighted by Gasteiger charge is 2.15. The largest absolute Gasteiger partial charge is 0.469 e. The molecule has 0 radical (unpaired) electrons. The predicted octanol–water partition coefficient (Wildman–Crippen LogP) is 1.46. The molecular weight excluding hydrogens is 260 g/mol. The molecule has 0 aliphatic carbocycles. The molecule has 1 aromatic carbocycles. The molecule has 0 fully saturated rings. The molecule has 1 aromatic rings. The number of carbonyl (C=O) groups is 3. The molecule has 5 heteroatoms. The SMILES string of the molecule is C=C(CC(=O)OC)C(=O)OCC(=O)Cc1ccccc1. The number of esters is 2. The van der Waals surface area contributed by atoms with Crippen LogP contribution in [0.4, 0.5) is 0 Å². The Morgan fingerprint density at radius 2 is 1.80 bits per heavy atom. The lowest BCUT2D eigenvalue weighted by Crippen LogP contribution is -2.18. The van der Waals surface area contributed by atoms with Gasteiger partial charge in [0.25, 0.3) is 0 Å². The quantitative estimate of drug-likeness (QED) is 0.557. The molecule has 0 atom stereocenters. The van der Waals surface area contributed by atoms with Gasteiger partial charge in [-0.05, 0) is 5.56 Å². The number of Topliss-reactive ketones (excluding diaryl/α,β-unsaturated/α-hetero) is 1. The number of ketones is 1. The molecule has 1 rings (SSSR count). The molecule has 0 amide bonds. The van der Waals surface area contributed by atoms with E-state index in [1.54, 1.807) is 0 Å². The van der Waals surface area contributed by atoms with E-state index in [1.807, 2.05) is 30.3 Å². The van der Waals surface area contributed by atoms with Crippen molar-refractivity contribution in [3.63, 3.8) is 0 Å². The molecule has 0 heterocycles. The van der Waals surface area contributed by atoms with Gasteiger partial charge in [-0.3, -0.25) is 9.59 Å². The summed E-state index contributed by atoms with van der Waals surface area (Å²) in [6, 6.07) is 9.14. The van der Waals surface area contributed by atoms with Crippen molar-refractivity contribution in [3.8, 4) is 0 Å². The Hall–Kier alpha value is -2.43. The zero-order valence-corrected chi connectivity index (χ0v) is 11.3. The second-order valence-electron chi connectivity index (χ2n) is 4.13. The molecule has 0 spiro atoms. The smallest absolute Gasteiger partial charge is 0.334 e. The van der Waals surface area contributed by atoms with E-state index in [0.717, 1.165) is 5.56 Å². The van der Waals surface area contributed by atoms with Gasteiger partial charge < -0.3 is 9.47 Å². The standard InChI is InChI=1S/C15H16O5/c1-11(8-14(17)19-2)15(18)20-10-13(16)9-12-6-4-3-5-7-12/h3-7H,1,8-10H2,2H3. The summed E-state index contributed by atoms with van der Waals surface area (Å²) < 4.78 is 9.19. The minimum atomic E-state index is -0.767. The van der Waals surface area contributed by atoms with Crippen molar-refractivity contribution in [1.29, 1.82) is 0 Å². The van der Waals surface area contributed by atoms with Gasteiger partial charge in [0.2, 0.25) is 0 Å². The van der Waals surface area contributed by atoms with E-state index in [2.05, 4.69) is 11.3 Å². The van der Waals surface area contributed by atoms with E-state index in [9.17, 15) is 14.4 Å². The highest BCUT2D eigenvalue weighted by Crippen LogP contribution is 2.04. The lowest BCUT2D eigenvalue weighted by molar-refractivity contribution is -0.146. The number of rotatable bonds is 7. The third-order valence-corrected chi connectivity index (χ3v) is 2.48. The Labute approximate surface area is 117 Å². The van der Waals surface area contributed by atoms with Crippen LogP contribution in [0.15, 0.2) is 42.5 Å². The summed E-state index contributed by atoms with van der Waals surface area (Å²) in [7, 11) is 1.21. The number of ether oxygens (including phenoxy) is 2. The summed E-state index contributed by atoms with van der Waals surface area (Å²) in [5.74, 6) is -1.57. The first-order chi connectivity index (χ1) is 9.52. The molecular formula is C15H16O5. The molecule has 0 saturated carbocycles. The third kappa shape index (κ3) is 5.48. The summed E-state index contributed by atoms with van der Waals surface area (Å²) in [6.45, 7) is 3.08. The minimum absolute atomic E-state index is 0.0376. The number of hydrogen-bond donors (Lipinski definition) is 0. The normalized spacial score (nSPS) is 9.65. The summed E-state index contributed by atoms with van der Waals surface area (Å²) >= 11 is 0. The maximum Gasteiger partial charge on any atom is 0.334 e. The fourth-order valence-electron chi connectivity index (χ4n) is 1.44. The first-order valence-electron chi connectivity index (χ1n) is 6.00. The monoisotopic (exact) mass is 276 g/mol. The van der Waals surface area contributed by atoms with Crippen LogP contribution in [0.2, 0.25) is 0 Å². The fourth-order valence-corrected chi connectivity index (χ4v) is 1.44. The van der Waals surface area contributed by atoms with Crippen LogP contribution in [-0.2, 0) is 30.3 Å². The highest BCUT2D eigenvalue weighted by molar-refractivity contribution is 5.94. The van der Waals surface area contributed by atoms with Crippen molar-refractivity contribution >= 4 is 17.7 Å². The van der Waals surface area contributed by atoms with E-state index in [0.29, 0.717) is 0 Å². The molecule has 0 aromatic heterocycles. The van der Waals surface area contributed by atoms with Gasteiger partial charge in [-0.2, -0.15) is 0 Å². The zero-order valence-electron chi connectivity index (χ0n) is 11.3. The van der Waals surface area contributed by atoms with Gasteiger partial charge in [-0.25, -0.2) is 4.79 Å². The van der Waals surface area contributed by atoms with Crippen molar-refractivity contribution < 1.29 is 23.9 Å². The minimum Gasteiger partial charge on any atom is -0.469 e. The maximum atomic E-state index is 11.6. The van der Waals surface area contributed by atoms with Crippen LogP contribution in [0, 0.1) is 0 Å². The molecule has 0 unspecified atom stereocenters. The Kier molecular flexibility index (Phi) is 6.16. The lowest BCUT2D eigenvalue weighted by atomic mass is 10.1. The number of carbonyl (C=O) groups excluding carboxylic acids is 3. The zero-order chi connectivity index (χ0) is 15.0. The highest BCUT2D eigenvalue weighted by atomic mass is 16.5. The third-order valence-electron chi connectivity index (χ3n) is 2.48. The maximum absolute atomic E-state index is 11.6. The lowest BCUT2D eigenvalue weighted by Gasteiger charge is -2.06. The van der Waals surface area contributed by atoms with E-state index >= 15 is 0 Å². The van der Waals surface area contributed by atoms with Gasteiger partial charge in [0.05, 0.1) is 13.5 Å². The summed E-state index contributed by atoms with van der Waals surface area (Å²) in [6.07, 6.45) is -0.0557. The summed E-state index contributed by atoms with van der Waals surface area (Å²) in [5, 5.41) is 0. The van der Waals surface area contributed by atoms with Crippen LogP contribution >= 0.6 is 0 Å². The second-order valence-corrected chi connectivity index (χ2v) is 4.13. The van der Waals surface area contributed by atoms with Gasteiger partial charge in [-0.1, -0.05) is 36.9 Å². The Balaban J connectivity index is 2.35. The van der Waals surface area contributed by atoms with Crippen LogP contribution in [0.3, 0.4) is 0 Å². The van der Waals surface area contributed by atoms with Crippen molar-refractivity contribution in [2.24, 2.45) is 0 Å². The average molecular weight is 276 g/mol. The topological polar surface area (TPSA) is 69.7 Å². The molecule has 0 aliphatic rings. The molecule has 0 aliphatic heterocycles. The molecule has 0 bridgehead atoms. The van der Waals surface area contributed by atoms with E-state index < -0.39 is 11.9 Å². The molecule has 0 N–H and O–H groups in total. The first kappa shape index (κ1) is 15.6. The Morgan fingerprint density at radius 3 is 2.40 bits per heavy atom. The molecule has 0 saturated heterocycles. The van der Waals surface area contributed by atoms with Crippen LogP contribution < -0.4 is 0 Å². The van der Waals surface area contributed by atoms with Gasteiger partial charge >= 0.3 is 11.9 Å². The van der Waals surface area contributed by atoms with E-state index in [4.69, 9.17) is 4.74 Å². The van der Waals surface area contributed by atoms with Crippen molar-refractivity contribution in [3.05, 3.63) is 48.0 Å². The Bertz CT molecular complexity index is 504. The van der Waals surface area contributed by atoms with Gasteiger partial charge in [0.15, 0.2) is 12.4 Å². The van der Waals surface area contributed by atoms with Crippen LogP contribution in [0.5, 0.6) is 0 Å². The van der Waals surface area contributed by atoms with Crippen LogP contribution in [0.25, 0.3) is 0 Å². The average Bonchev–Trinajstić information content (AvgIpc) is 2.45. The van der Waals surface area contributed by atoms with Crippen LogP contribution in [-0.4, -0.2) is 31.4 Å². The first-order valence-corrected chi connectivity index (χ1v) is 6.00. The second kappa shape index (κ2) is 7.89. The number of hydrogen-bond acceptors (Lipinski definition) is 5. The van der Waals surface area contributed by atoms with E-state index in [-0.39, 0.29) is 30.8 Å². The van der Waals surface area contributed by atoms with Crippen molar-refractivity contribution in [2.45, 2.75) is 12.8 Å². The summed E-state index contributed by atoms with van der Waals surface area (Å²) in [5.41, 5.74) is 0.811. The Morgan fingerprint density at radius 1 is 1.15 bits per heavy atom. The van der Waals surface area contributed by atoms with Gasteiger partial charge in [0, 0.05) is 12.0 Å². The van der Waals surface area contributed by atoms with Gasteiger partial charge in [-0.15, -0.1) is 0 Å². The van der Waals surface area contributed by atoms with Crippen LogP contribution in [0.1, 0.15) is 12.0 Å².